The quantitative estimate of drug-likeness (QED) is 0.850. The molecule has 2 heteroatoms. The van der Waals surface area contributed by atoms with Gasteiger partial charge in [0.05, 0.1) is 13.2 Å². The first-order chi connectivity index (χ1) is 8.20. The van der Waals surface area contributed by atoms with E-state index in [9.17, 15) is 5.11 Å². The van der Waals surface area contributed by atoms with Crippen LogP contribution in [0.25, 0.3) is 10.8 Å². The molecule has 0 radical (unpaired) electrons. The van der Waals surface area contributed by atoms with Crippen molar-refractivity contribution in [3.05, 3.63) is 42.0 Å². The number of hydrogen-bond acceptors (Lipinski definition) is 2. The molecule has 1 unspecified atom stereocenters. The van der Waals surface area contributed by atoms with Gasteiger partial charge in [0.15, 0.2) is 0 Å². The monoisotopic (exact) mass is 232 g/mol. The van der Waals surface area contributed by atoms with Gasteiger partial charge in [-0.05, 0) is 41.5 Å². The highest BCUT2D eigenvalue weighted by Crippen LogP contribution is 2.23. The Balaban J connectivity index is 0.000000686. The van der Waals surface area contributed by atoms with Crippen LogP contribution in [-0.2, 0) is 0 Å². The largest absolute Gasteiger partial charge is 0.497 e. The van der Waals surface area contributed by atoms with Gasteiger partial charge in [-0.25, -0.2) is 0 Å². The lowest BCUT2D eigenvalue weighted by Crippen LogP contribution is -1.90. The first-order valence-electron chi connectivity index (χ1n) is 5.96. The molecule has 0 aliphatic rings. The van der Waals surface area contributed by atoms with E-state index in [-0.39, 0.29) is 0 Å². The van der Waals surface area contributed by atoms with Crippen LogP contribution >= 0.6 is 0 Å². The maximum absolute atomic E-state index is 9.46. The summed E-state index contributed by atoms with van der Waals surface area (Å²) in [7, 11) is 1.66. The molecule has 0 aliphatic heterocycles. The second-order valence-corrected chi connectivity index (χ2v) is 3.65. The van der Waals surface area contributed by atoms with Crippen molar-refractivity contribution in [3.63, 3.8) is 0 Å². The number of rotatable bonds is 2. The summed E-state index contributed by atoms with van der Waals surface area (Å²) in [6.07, 6.45) is -0.420. The molecule has 0 aliphatic carbocycles. The first-order valence-corrected chi connectivity index (χ1v) is 5.96. The number of methoxy groups -OCH3 is 1. The zero-order chi connectivity index (χ0) is 12.8. The van der Waals surface area contributed by atoms with E-state index in [2.05, 4.69) is 0 Å². The highest BCUT2D eigenvalue weighted by atomic mass is 16.5. The van der Waals surface area contributed by atoms with Gasteiger partial charge in [0.25, 0.3) is 0 Å². The molecule has 92 valence electrons. The number of aliphatic hydroxyl groups excluding tert-OH is 1. The molecule has 1 atom stereocenters. The fourth-order valence-electron chi connectivity index (χ4n) is 1.63. The molecule has 1 N–H and O–H groups in total. The highest BCUT2D eigenvalue weighted by molar-refractivity contribution is 5.84. The summed E-state index contributed by atoms with van der Waals surface area (Å²) in [6.45, 7) is 5.77. The van der Waals surface area contributed by atoms with Gasteiger partial charge >= 0.3 is 0 Å². The minimum Gasteiger partial charge on any atom is -0.497 e. The van der Waals surface area contributed by atoms with E-state index in [0.29, 0.717) is 0 Å². The zero-order valence-corrected chi connectivity index (χ0v) is 10.9. The molecule has 2 aromatic rings. The van der Waals surface area contributed by atoms with Crippen molar-refractivity contribution >= 4 is 10.8 Å². The molecule has 0 fully saturated rings. The molecule has 2 rings (SSSR count). The van der Waals surface area contributed by atoms with Crippen LogP contribution in [0.15, 0.2) is 36.4 Å². The number of fused-ring (bicyclic) bond motifs is 1. The molecule has 0 spiro atoms. The number of ether oxygens (including phenoxy) is 1. The van der Waals surface area contributed by atoms with E-state index in [0.717, 1.165) is 22.1 Å². The normalized spacial score (nSPS) is 11.6. The van der Waals surface area contributed by atoms with Crippen molar-refractivity contribution in [3.8, 4) is 5.75 Å². The Kier molecular flexibility index (Phi) is 4.98. The van der Waals surface area contributed by atoms with E-state index in [1.165, 1.54) is 0 Å². The van der Waals surface area contributed by atoms with Gasteiger partial charge in [-0.2, -0.15) is 0 Å². The van der Waals surface area contributed by atoms with Crippen LogP contribution in [0.3, 0.4) is 0 Å². The molecule has 17 heavy (non-hydrogen) atoms. The van der Waals surface area contributed by atoms with Crippen LogP contribution in [0.4, 0.5) is 0 Å². The second-order valence-electron chi connectivity index (χ2n) is 3.65. The molecule has 0 aromatic heterocycles. The third-order valence-electron chi connectivity index (χ3n) is 2.55. The molecule has 2 nitrogen and oxygen atoms in total. The van der Waals surface area contributed by atoms with Crippen LogP contribution in [0.1, 0.15) is 32.4 Å². The van der Waals surface area contributed by atoms with Crippen LogP contribution in [0.2, 0.25) is 0 Å². The molecule has 0 amide bonds. The SMILES string of the molecule is CC.COc1ccc2cc(C(C)O)ccc2c1. The number of hydrogen-bond donors (Lipinski definition) is 1. The Morgan fingerprint density at radius 1 is 1.00 bits per heavy atom. The molecule has 0 heterocycles. The Morgan fingerprint density at radius 3 is 2.18 bits per heavy atom. The van der Waals surface area contributed by atoms with Crippen molar-refractivity contribution in [2.45, 2.75) is 26.9 Å². The lowest BCUT2D eigenvalue weighted by atomic mass is 10.0. The third kappa shape index (κ3) is 3.21. The van der Waals surface area contributed by atoms with Gasteiger partial charge in [-0.1, -0.05) is 32.0 Å². The van der Waals surface area contributed by atoms with E-state index < -0.39 is 6.10 Å². The molecule has 0 saturated heterocycles. The van der Waals surface area contributed by atoms with Crippen LogP contribution in [0, 0.1) is 0 Å². The Bertz CT molecular complexity index is 475. The van der Waals surface area contributed by atoms with E-state index >= 15 is 0 Å². The van der Waals surface area contributed by atoms with E-state index in [1.807, 2.05) is 50.2 Å². The molecular weight excluding hydrogens is 212 g/mol. The van der Waals surface area contributed by atoms with Crippen molar-refractivity contribution in [2.24, 2.45) is 0 Å². The zero-order valence-electron chi connectivity index (χ0n) is 10.9. The average Bonchev–Trinajstić information content (AvgIpc) is 2.39. The lowest BCUT2D eigenvalue weighted by molar-refractivity contribution is 0.199. The highest BCUT2D eigenvalue weighted by Gasteiger charge is 2.02. The van der Waals surface area contributed by atoms with Crippen LogP contribution in [-0.4, -0.2) is 12.2 Å². The van der Waals surface area contributed by atoms with Gasteiger partial charge in [0.2, 0.25) is 0 Å². The summed E-state index contributed by atoms with van der Waals surface area (Å²) in [4.78, 5) is 0. The summed E-state index contributed by atoms with van der Waals surface area (Å²) >= 11 is 0. The predicted octanol–water partition coefficient (Wildman–Crippen LogP) is 3.93. The Labute approximate surface area is 103 Å². The number of benzene rings is 2. The lowest BCUT2D eigenvalue weighted by Gasteiger charge is -2.07. The van der Waals surface area contributed by atoms with Gasteiger partial charge in [-0.3, -0.25) is 0 Å². The van der Waals surface area contributed by atoms with E-state index in [4.69, 9.17) is 4.74 Å². The predicted molar refractivity (Wildman–Crippen MR) is 72.5 cm³/mol. The summed E-state index contributed by atoms with van der Waals surface area (Å²) in [6, 6.07) is 11.8. The summed E-state index contributed by atoms with van der Waals surface area (Å²) < 4.78 is 5.15. The van der Waals surface area contributed by atoms with Crippen molar-refractivity contribution in [2.75, 3.05) is 7.11 Å². The fourth-order valence-corrected chi connectivity index (χ4v) is 1.63. The van der Waals surface area contributed by atoms with Gasteiger partial charge in [-0.15, -0.1) is 0 Å². The molecule has 2 aromatic carbocycles. The van der Waals surface area contributed by atoms with Gasteiger partial charge < -0.3 is 9.84 Å². The maximum atomic E-state index is 9.46. The molecular formula is C15H20O2. The van der Waals surface area contributed by atoms with Crippen LogP contribution in [0.5, 0.6) is 5.75 Å². The Hall–Kier alpha value is -1.54. The standard InChI is InChI=1S/C13H14O2.C2H6/c1-9(14)10-3-4-12-8-13(15-2)6-5-11(12)7-10;1-2/h3-9,14H,1-2H3;1-2H3. The molecule has 0 saturated carbocycles. The first kappa shape index (κ1) is 13.5. The summed E-state index contributed by atoms with van der Waals surface area (Å²) in [5, 5.41) is 11.7. The maximum Gasteiger partial charge on any atom is 0.119 e. The van der Waals surface area contributed by atoms with Crippen molar-refractivity contribution in [1.82, 2.24) is 0 Å². The van der Waals surface area contributed by atoms with E-state index in [1.54, 1.807) is 14.0 Å². The van der Waals surface area contributed by atoms with Crippen molar-refractivity contribution in [1.29, 1.82) is 0 Å². The Morgan fingerprint density at radius 2 is 1.59 bits per heavy atom. The third-order valence-corrected chi connectivity index (χ3v) is 2.55. The summed E-state index contributed by atoms with van der Waals surface area (Å²) in [5.74, 6) is 0.854. The molecule has 0 bridgehead atoms. The van der Waals surface area contributed by atoms with Crippen LogP contribution < -0.4 is 4.74 Å². The van der Waals surface area contributed by atoms with Gasteiger partial charge in [0, 0.05) is 0 Å². The smallest absolute Gasteiger partial charge is 0.119 e. The van der Waals surface area contributed by atoms with Gasteiger partial charge in [0.1, 0.15) is 5.75 Å². The average molecular weight is 232 g/mol. The summed E-state index contributed by atoms with van der Waals surface area (Å²) in [5.41, 5.74) is 0.938. The van der Waals surface area contributed by atoms with Crippen molar-refractivity contribution < 1.29 is 9.84 Å². The number of aliphatic hydroxyl groups is 1. The topological polar surface area (TPSA) is 29.5 Å². The minimum absolute atomic E-state index is 0.420. The second kappa shape index (κ2) is 6.26. The fraction of sp³-hybridized carbons (Fsp3) is 0.333. The minimum atomic E-state index is -0.420.